The Balaban J connectivity index is 3.60. The van der Waals surface area contributed by atoms with Crippen LogP contribution in [0.15, 0.2) is 0 Å². The molecule has 0 bridgehead atoms. The summed E-state index contributed by atoms with van der Waals surface area (Å²) in [5, 5.41) is 2.71. The highest BCUT2D eigenvalue weighted by molar-refractivity contribution is 5.79. The summed E-state index contributed by atoms with van der Waals surface area (Å²) >= 11 is 0. The van der Waals surface area contributed by atoms with Crippen molar-refractivity contribution in [3.63, 3.8) is 0 Å². The van der Waals surface area contributed by atoms with E-state index in [2.05, 4.69) is 5.32 Å². The second-order valence-corrected chi connectivity index (χ2v) is 3.04. The fourth-order valence-corrected chi connectivity index (χ4v) is 0.721. The largest absolute Gasteiger partial charge is 0.354 e. The highest BCUT2D eigenvalue weighted by atomic mass is 16.1. The molecule has 11 heavy (non-hydrogen) atoms. The lowest BCUT2D eigenvalue weighted by Crippen LogP contribution is -2.31. The van der Waals surface area contributed by atoms with Crippen molar-refractivity contribution in [1.29, 1.82) is 0 Å². The van der Waals surface area contributed by atoms with Crippen LogP contribution in [0.5, 0.6) is 0 Å². The lowest BCUT2D eigenvalue weighted by molar-refractivity contribution is -0.124. The second-order valence-electron chi connectivity index (χ2n) is 3.04. The van der Waals surface area contributed by atoms with E-state index in [1.165, 1.54) is 0 Å². The van der Waals surface area contributed by atoms with Crippen LogP contribution in [-0.2, 0) is 9.59 Å². The molecule has 0 unspecified atom stereocenters. The first-order valence-electron chi connectivity index (χ1n) is 3.81. The Morgan fingerprint density at radius 2 is 2.00 bits per heavy atom. The van der Waals surface area contributed by atoms with E-state index in [1.807, 2.05) is 13.8 Å². The molecule has 1 amide bonds. The van der Waals surface area contributed by atoms with Crippen molar-refractivity contribution in [2.45, 2.75) is 33.2 Å². The van der Waals surface area contributed by atoms with Crippen LogP contribution in [-0.4, -0.2) is 18.2 Å². The summed E-state index contributed by atoms with van der Waals surface area (Å²) in [6, 6.07) is 0.154. The minimum absolute atomic E-state index is 0.0559. The fraction of sp³-hybridized carbons (Fsp3) is 0.750. The molecule has 0 aromatic heterocycles. The third-order valence-electron chi connectivity index (χ3n) is 1.19. The standard InChI is InChI=1S/C8H15NO2/c1-6(2)9-8(11)4-7(3)5-10/h5-7H,4H2,1-3H3,(H,9,11)/t7-/m0/s1. The van der Waals surface area contributed by atoms with E-state index in [9.17, 15) is 9.59 Å². The molecule has 64 valence electrons. The van der Waals surface area contributed by atoms with Gasteiger partial charge >= 0.3 is 0 Å². The Hall–Kier alpha value is -0.860. The van der Waals surface area contributed by atoms with E-state index in [1.54, 1.807) is 6.92 Å². The topological polar surface area (TPSA) is 46.2 Å². The van der Waals surface area contributed by atoms with Crippen LogP contribution in [0, 0.1) is 5.92 Å². The van der Waals surface area contributed by atoms with Crippen LogP contribution in [0.25, 0.3) is 0 Å². The van der Waals surface area contributed by atoms with Gasteiger partial charge in [0.05, 0.1) is 0 Å². The van der Waals surface area contributed by atoms with E-state index in [-0.39, 0.29) is 17.9 Å². The van der Waals surface area contributed by atoms with Crippen molar-refractivity contribution in [3.8, 4) is 0 Å². The number of carbonyl (C=O) groups excluding carboxylic acids is 2. The maximum atomic E-state index is 11.0. The molecule has 0 rings (SSSR count). The molecular formula is C8H15NO2. The van der Waals surface area contributed by atoms with Gasteiger partial charge in [0, 0.05) is 18.4 Å². The van der Waals surface area contributed by atoms with Gasteiger partial charge in [-0.15, -0.1) is 0 Å². The average molecular weight is 157 g/mol. The van der Waals surface area contributed by atoms with Crippen molar-refractivity contribution in [2.24, 2.45) is 5.92 Å². The molecule has 0 radical (unpaired) electrons. The lowest BCUT2D eigenvalue weighted by atomic mass is 10.1. The molecule has 0 aromatic rings. The molecule has 3 heteroatoms. The summed E-state index contributed by atoms with van der Waals surface area (Å²) in [5.74, 6) is -0.228. The van der Waals surface area contributed by atoms with Gasteiger partial charge in [0.1, 0.15) is 6.29 Å². The number of hydrogen-bond donors (Lipinski definition) is 1. The predicted molar refractivity (Wildman–Crippen MR) is 43.1 cm³/mol. The number of amides is 1. The molecule has 0 saturated carbocycles. The maximum absolute atomic E-state index is 11.0. The SMILES string of the molecule is CC(C)NC(=O)C[C@H](C)C=O. The summed E-state index contributed by atoms with van der Waals surface area (Å²) in [5.41, 5.74) is 0. The molecule has 0 aliphatic carbocycles. The van der Waals surface area contributed by atoms with Crippen molar-refractivity contribution in [2.75, 3.05) is 0 Å². The fourth-order valence-electron chi connectivity index (χ4n) is 0.721. The van der Waals surface area contributed by atoms with Gasteiger partial charge in [-0.25, -0.2) is 0 Å². The van der Waals surface area contributed by atoms with Crippen LogP contribution in [0.4, 0.5) is 0 Å². The monoisotopic (exact) mass is 157 g/mol. The minimum Gasteiger partial charge on any atom is -0.354 e. The summed E-state index contributed by atoms with van der Waals surface area (Å²) in [4.78, 5) is 21.1. The van der Waals surface area contributed by atoms with E-state index in [0.717, 1.165) is 6.29 Å². The second kappa shape index (κ2) is 4.88. The molecule has 0 spiro atoms. The van der Waals surface area contributed by atoms with Crippen LogP contribution >= 0.6 is 0 Å². The molecule has 0 fully saturated rings. The Morgan fingerprint density at radius 3 is 2.36 bits per heavy atom. The van der Waals surface area contributed by atoms with Crippen molar-refractivity contribution in [3.05, 3.63) is 0 Å². The maximum Gasteiger partial charge on any atom is 0.220 e. The number of rotatable bonds is 4. The quantitative estimate of drug-likeness (QED) is 0.612. The molecule has 0 aliphatic heterocycles. The zero-order valence-corrected chi connectivity index (χ0v) is 7.26. The van der Waals surface area contributed by atoms with Gasteiger partial charge in [-0.1, -0.05) is 6.92 Å². The van der Waals surface area contributed by atoms with Crippen LogP contribution in [0.3, 0.4) is 0 Å². The highest BCUT2D eigenvalue weighted by Crippen LogP contribution is 1.96. The van der Waals surface area contributed by atoms with Gasteiger partial charge in [-0.3, -0.25) is 4.79 Å². The van der Waals surface area contributed by atoms with E-state index in [4.69, 9.17) is 0 Å². The molecule has 1 atom stereocenters. The van der Waals surface area contributed by atoms with Crippen LogP contribution in [0.2, 0.25) is 0 Å². The first-order valence-corrected chi connectivity index (χ1v) is 3.81. The Morgan fingerprint density at radius 1 is 1.45 bits per heavy atom. The third-order valence-corrected chi connectivity index (χ3v) is 1.19. The lowest BCUT2D eigenvalue weighted by Gasteiger charge is -2.08. The number of nitrogens with one attached hydrogen (secondary N) is 1. The predicted octanol–water partition coefficient (Wildman–Crippen LogP) is 0.736. The Labute approximate surface area is 67.2 Å². The van der Waals surface area contributed by atoms with Gasteiger partial charge in [-0.2, -0.15) is 0 Å². The van der Waals surface area contributed by atoms with Crippen molar-refractivity contribution in [1.82, 2.24) is 5.32 Å². The Bertz CT molecular complexity index is 143. The van der Waals surface area contributed by atoms with E-state index < -0.39 is 0 Å². The van der Waals surface area contributed by atoms with Gasteiger partial charge < -0.3 is 10.1 Å². The van der Waals surface area contributed by atoms with Crippen LogP contribution in [0.1, 0.15) is 27.2 Å². The summed E-state index contributed by atoms with van der Waals surface area (Å²) in [7, 11) is 0. The van der Waals surface area contributed by atoms with Gasteiger partial charge in [-0.05, 0) is 13.8 Å². The zero-order chi connectivity index (χ0) is 8.85. The van der Waals surface area contributed by atoms with Crippen molar-refractivity contribution < 1.29 is 9.59 Å². The smallest absolute Gasteiger partial charge is 0.220 e. The zero-order valence-electron chi connectivity index (χ0n) is 7.26. The molecule has 0 heterocycles. The van der Waals surface area contributed by atoms with E-state index in [0.29, 0.717) is 6.42 Å². The van der Waals surface area contributed by atoms with Gasteiger partial charge in [0.15, 0.2) is 0 Å². The van der Waals surface area contributed by atoms with Crippen molar-refractivity contribution >= 4 is 12.2 Å². The molecule has 0 aliphatic rings. The first kappa shape index (κ1) is 10.1. The number of carbonyl (C=O) groups is 2. The Kier molecular flexibility index (Phi) is 4.50. The molecule has 3 nitrogen and oxygen atoms in total. The minimum atomic E-state index is -0.172. The molecule has 1 N–H and O–H groups in total. The van der Waals surface area contributed by atoms with E-state index >= 15 is 0 Å². The third kappa shape index (κ3) is 5.58. The highest BCUT2D eigenvalue weighted by Gasteiger charge is 2.07. The summed E-state index contributed by atoms with van der Waals surface area (Å²) in [6.45, 7) is 5.51. The summed E-state index contributed by atoms with van der Waals surface area (Å²) < 4.78 is 0. The summed E-state index contributed by atoms with van der Waals surface area (Å²) in [6.07, 6.45) is 1.08. The normalized spacial score (nSPS) is 12.7. The molecule has 0 aromatic carbocycles. The van der Waals surface area contributed by atoms with Gasteiger partial charge in [0.25, 0.3) is 0 Å². The molecule has 0 saturated heterocycles. The average Bonchev–Trinajstić information content (AvgIpc) is 1.85. The number of aldehydes is 1. The first-order chi connectivity index (χ1) is 5.06. The van der Waals surface area contributed by atoms with Gasteiger partial charge in [0.2, 0.25) is 5.91 Å². The van der Waals surface area contributed by atoms with Crippen LogP contribution < -0.4 is 5.32 Å². The molecular weight excluding hydrogens is 142 g/mol. The number of hydrogen-bond acceptors (Lipinski definition) is 2.